The second kappa shape index (κ2) is 52.5. The molecule has 0 aliphatic carbocycles. The molecule has 118 heavy (non-hydrogen) atoms. The first kappa shape index (κ1) is 104. The number of nitrogens with one attached hydrogen (secondary N) is 14. The number of aliphatic hydroxyl groups is 3. The van der Waals surface area contributed by atoms with E-state index >= 15 is 0 Å². The Morgan fingerprint density at radius 1 is 0.364 bits per heavy atom. The van der Waals surface area contributed by atoms with Crippen molar-refractivity contribution in [2.45, 2.75) is 209 Å². The second-order valence-corrected chi connectivity index (χ2v) is 29.9. The van der Waals surface area contributed by atoms with Gasteiger partial charge in [0, 0.05) is 48.7 Å². The Kier molecular flexibility index (Phi) is 46.2. The third kappa shape index (κ3) is 36.7. The molecule has 2 aromatic carbocycles. The molecule has 0 spiro atoms. The fraction of sp³-hybridized carbons (Fsp3) is 0.583. The number of phenolic OH excluding ortho intramolecular Hbond substituents is 2. The van der Waals surface area contributed by atoms with Gasteiger partial charge >= 0.3 is 11.9 Å². The zero-order chi connectivity index (χ0) is 89.5. The summed E-state index contributed by atoms with van der Waals surface area (Å²) in [4.78, 5) is 244. The summed E-state index contributed by atoms with van der Waals surface area (Å²) in [5, 5.41) is 104. The summed E-state index contributed by atoms with van der Waals surface area (Å²) in [6.45, 7) is 8.50. The van der Waals surface area contributed by atoms with Crippen molar-refractivity contribution in [2.75, 3.05) is 36.2 Å². The third-order valence-electron chi connectivity index (χ3n) is 17.8. The van der Waals surface area contributed by atoms with Gasteiger partial charge in [0.2, 0.25) is 94.5 Å². The maximum Gasteiger partial charge on any atom is 0.327 e. The van der Waals surface area contributed by atoms with Crippen LogP contribution in [0.5, 0.6) is 11.5 Å². The van der Waals surface area contributed by atoms with Gasteiger partial charge in [0.25, 0.3) is 0 Å². The Morgan fingerprint density at radius 2 is 0.669 bits per heavy atom. The minimum atomic E-state index is -1.98. The van der Waals surface area contributed by atoms with Gasteiger partial charge in [-0.3, -0.25) is 81.5 Å². The van der Waals surface area contributed by atoms with Crippen LogP contribution in [0.15, 0.2) is 48.5 Å². The number of nitrogens with two attached hydrogens (primary N) is 3. The van der Waals surface area contributed by atoms with Crippen molar-refractivity contribution in [3.8, 4) is 11.5 Å². The fourth-order valence-corrected chi connectivity index (χ4v) is 11.9. The van der Waals surface area contributed by atoms with Crippen LogP contribution in [0.25, 0.3) is 0 Å². The summed E-state index contributed by atoms with van der Waals surface area (Å²) < 4.78 is 0. The Hall–Kier alpha value is -10.3. The van der Waals surface area contributed by atoms with E-state index < -0.39 is 284 Å². The molecule has 17 atom stereocenters. The van der Waals surface area contributed by atoms with E-state index in [-0.39, 0.29) is 54.3 Å². The molecular formula is C72H111N17O25S4. The highest BCUT2D eigenvalue weighted by Gasteiger charge is 2.40. The van der Waals surface area contributed by atoms with E-state index in [1.54, 1.807) is 34.6 Å². The van der Waals surface area contributed by atoms with Gasteiger partial charge in [-0.15, -0.1) is 0 Å². The minimum absolute atomic E-state index is 0.0882. The second-order valence-electron chi connectivity index (χ2n) is 28.5. The Labute approximate surface area is 701 Å². The number of thiol groups is 4. The molecule has 2 rings (SSSR count). The number of hydrogen-bond donors (Lipinski definition) is 28. The molecule has 658 valence electrons. The monoisotopic (exact) mass is 1740 g/mol. The van der Waals surface area contributed by atoms with Crippen LogP contribution >= 0.6 is 50.5 Å². The van der Waals surface area contributed by atoms with E-state index in [1.807, 2.05) is 0 Å². The van der Waals surface area contributed by atoms with Crippen LogP contribution < -0.4 is 91.6 Å². The topological polar surface area (TPSA) is 695 Å². The number of carboxylic acids is 2. The van der Waals surface area contributed by atoms with E-state index in [4.69, 9.17) is 17.2 Å². The molecule has 0 heterocycles. The number of benzene rings is 2. The number of amides is 16. The normalized spacial score (nSPS) is 15.5. The molecule has 0 saturated carbocycles. The predicted molar refractivity (Wildman–Crippen MR) is 435 cm³/mol. The zero-order valence-electron chi connectivity index (χ0n) is 65.9. The van der Waals surface area contributed by atoms with Crippen molar-refractivity contribution in [3.63, 3.8) is 0 Å². The van der Waals surface area contributed by atoms with Crippen LogP contribution in [-0.4, -0.2) is 275 Å². The van der Waals surface area contributed by atoms with Crippen LogP contribution in [0, 0.1) is 17.8 Å². The number of rotatable bonds is 54. The molecule has 0 aliphatic rings. The molecule has 0 unspecified atom stereocenters. The van der Waals surface area contributed by atoms with Crippen LogP contribution in [0.1, 0.15) is 111 Å². The van der Waals surface area contributed by atoms with Gasteiger partial charge in [-0.1, -0.05) is 72.2 Å². The molecule has 0 saturated heterocycles. The van der Waals surface area contributed by atoms with E-state index in [1.165, 1.54) is 55.5 Å². The molecule has 0 bridgehead atoms. The number of aliphatic hydroxyl groups excluding tert-OH is 3. The average molecular weight is 1740 g/mol. The van der Waals surface area contributed by atoms with Gasteiger partial charge in [-0.2, -0.15) is 50.5 Å². The van der Waals surface area contributed by atoms with Crippen LogP contribution in [0.4, 0.5) is 0 Å². The summed E-state index contributed by atoms with van der Waals surface area (Å²) in [5.74, 6) is -24.3. The number of carbonyl (C=O) groups excluding carboxylic acids is 16. The smallest absolute Gasteiger partial charge is 0.327 e. The van der Waals surface area contributed by atoms with Gasteiger partial charge in [-0.25, -0.2) is 4.79 Å². The van der Waals surface area contributed by atoms with Gasteiger partial charge in [0.1, 0.15) is 96.1 Å². The third-order valence-corrected chi connectivity index (χ3v) is 19.3. The number of primary amides is 2. The summed E-state index contributed by atoms with van der Waals surface area (Å²) in [7, 11) is 0. The first-order chi connectivity index (χ1) is 55.4. The van der Waals surface area contributed by atoms with Gasteiger partial charge in [-0.05, 0) is 85.8 Å². The molecule has 46 heteroatoms. The maximum atomic E-state index is 14.8. The quantitative estimate of drug-likeness (QED) is 0.0274. The number of aliphatic carboxylic acids is 2. The van der Waals surface area contributed by atoms with Crippen LogP contribution in [-0.2, 0) is 99.1 Å². The lowest BCUT2D eigenvalue weighted by Crippen LogP contribution is -2.63. The molecule has 0 radical (unpaired) electrons. The van der Waals surface area contributed by atoms with Crippen molar-refractivity contribution in [1.82, 2.24) is 74.4 Å². The summed E-state index contributed by atoms with van der Waals surface area (Å²) in [5.41, 5.74) is 17.3. The Morgan fingerprint density at radius 3 is 1.04 bits per heavy atom. The first-order valence-electron chi connectivity index (χ1n) is 37.3. The van der Waals surface area contributed by atoms with Crippen molar-refractivity contribution >= 4 is 157 Å². The molecule has 2 aromatic rings. The first-order valence-corrected chi connectivity index (χ1v) is 39.8. The molecule has 16 amide bonds. The predicted octanol–water partition coefficient (Wildman–Crippen LogP) is -7.69. The lowest BCUT2D eigenvalue weighted by atomic mass is 9.97. The van der Waals surface area contributed by atoms with E-state index in [0.717, 1.165) is 6.92 Å². The van der Waals surface area contributed by atoms with Crippen molar-refractivity contribution in [3.05, 3.63) is 59.7 Å². The highest BCUT2D eigenvalue weighted by atomic mass is 32.1. The number of aromatic hydroxyl groups is 2. The highest BCUT2D eigenvalue weighted by Crippen LogP contribution is 2.18. The number of carbonyl (C=O) groups is 18. The lowest BCUT2D eigenvalue weighted by Gasteiger charge is -2.29. The number of carboxylic acid groups (broad SMARTS) is 2. The molecule has 0 aromatic heterocycles. The highest BCUT2D eigenvalue weighted by molar-refractivity contribution is 7.80. The van der Waals surface area contributed by atoms with E-state index in [2.05, 4.69) is 125 Å². The van der Waals surface area contributed by atoms with Crippen LogP contribution in [0.3, 0.4) is 0 Å². The van der Waals surface area contributed by atoms with E-state index in [0.29, 0.717) is 5.56 Å². The fourth-order valence-electron chi connectivity index (χ4n) is 11.0. The van der Waals surface area contributed by atoms with E-state index in [9.17, 15) is 122 Å². The summed E-state index contributed by atoms with van der Waals surface area (Å²) >= 11 is 16.1. The number of hydrogen-bond acceptors (Lipinski definition) is 28. The largest absolute Gasteiger partial charge is 0.508 e. The number of phenols is 2. The lowest BCUT2D eigenvalue weighted by molar-refractivity contribution is -0.142. The van der Waals surface area contributed by atoms with Crippen molar-refractivity contribution in [1.29, 1.82) is 0 Å². The van der Waals surface area contributed by atoms with Gasteiger partial charge in [0.15, 0.2) is 0 Å². The summed E-state index contributed by atoms with van der Waals surface area (Å²) in [6.07, 6.45) is -6.44. The Bertz CT molecular complexity index is 3800. The minimum Gasteiger partial charge on any atom is -0.508 e. The van der Waals surface area contributed by atoms with Crippen molar-refractivity contribution in [2.24, 2.45) is 35.0 Å². The van der Waals surface area contributed by atoms with Gasteiger partial charge < -0.3 is 127 Å². The zero-order valence-corrected chi connectivity index (χ0v) is 69.5. The molecular weight excluding hydrogens is 1630 g/mol. The standard InChI is InChI=1S/C72H111N17O25S4/c1-8-34(6)56(88-67(108)49(27-91)84-71(112)57(35(7)92)89-69(110)51(30-117)85-58(99)40(73)28-115)70(111)86-50(29-116)68(109)83-48(26-90)66(107)79-44(22-33(4)5)62(103)80-45(23-36-9-13-38(93)14-10-36)63(104)76-41(17-19-53(74)95)59(100)78-43(21-32(2)3)61(102)77-42(18-20-55(97)98)60(101)82-47(25-54(75)96)65(106)81-46(24-37-11-15-39(94)16-12-37)64(105)87-52(31-118)72(113)114/h9-16,32-35,40-52,56-57,90-94,115-118H,8,17-31,73H2,1-7H3,(H2,74,95)(H2,75,96)(H,76,104)(H,77,102)(H,78,100)(H,79,107)(H,80,103)(H,81,106)(H,82,101)(H,83,109)(H,84,112)(H,85,99)(H,86,111)(H,87,105)(H,88,108)(H,89,110)(H,97,98)(H,113,114)/t34-,35+,40-,41-,42-,43-,44-,45-,46-,47-,48-,49-,50-,51-,52-,56-,57-/m0/s1. The van der Waals surface area contributed by atoms with Crippen LogP contribution in [0.2, 0.25) is 0 Å². The SMILES string of the molecule is CC[C@H](C)[C@H](NC(=O)[C@H](CO)NC(=O)[C@@H](NC(=O)[C@H](CS)NC(=O)[C@@H](N)CS)[C@@H](C)O)C(=O)N[C@@H](CS)C(=O)N[C@@H](CO)C(=O)N[C@@H](CC(C)C)C(=O)N[C@@H](Cc1ccc(O)cc1)C(=O)N[C@@H](CCC(N)=O)C(=O)N[C@@H](CC(C)C)C(=O)N[C@@H](CCC(=O)O)C(=O)N[C@@H](CC(N)=O)C(=O)N[C@@H](Cc1ccc(O)cc1)C(=O)N[C@@H](CS)C(=O)O. The maximum absolute atomic E-state index is 14.8. The molecule has 27 N–H and O–H groups in total. The average Bonchev–Trinajstić information content (AvgIpc) is 0.851. The molecule has 0 aliphatic heterocycles. The summed E-state index contributed by atoms with van der Waals surface area (Å²) in [6, 6.07) is -14.7. The molecule has 42 nitrogen and oxygen atoms in total. The van der Waals surface area contributed by atoms with Gasteiger partial charge in [0.05, 0.1) is 31.8 Å². The van der Waals surface area contributed by atoms with Crippen molar-refractivity contribution < 1.29 is 122 Å². The molecule has 0 fully saturated rings. The Balaban J connectivity index is 2.52.